The van der Waals surface area contributed by atoms with Crippen LogP contribution >= 0.6 is 0 Å². The zero-order valence-corrected chi connectivity index (χ0v) is 17.0. The van der Waals surface area contributed by atoms with E-state index in [1.54, 1.807) is 42.1 Å². The van der Waals surface area contributed by atoms with Gasteiger partial charge in [0.25, 0.3) is 0 Å². The number of benzene rings is 3. The molecule has 0 bridgehead atoms. The quantitative estimate of drug-likeness (QED) is 0.397. The Morgan fingerprint density at radius 3 is 2.23 bits per heavy atom. The van der Waals surface area contributed by atoms with Crippen LogP contribution < -0.4 is 9.80 Å². The number of hydrogen-bond acceptors (Lipinski definition) is 7. The summed E-state index contributed by atoms with van der Waals surface area (Å²) in [4.78, 5) is 28.8. The molecular weight excluding hydrogens is 394 g/mol. The summed E-state index contributed by atoms with van der Waals surface area (Å²) >= 11 is 0. The van der Waals surface area contributed by atoms with E-state index in [1.807, 2.05) is 42.5 Å². The van der Waals surface area contributed by atoms with Gasteiger partial charge in [-0.1, -0.05) is 42.5 Å². The van der Waals surface area contributed by atoms with Crippen LogP contribution in [0.5, 0.6) is 5.75 Å². The fourth-order valence-electron chi connectivity index (χ4n) is 3.76. The third-order valence-electron chi connectivity index (χ3n) is 5.31. The number of Topliss-reactive ketones (excluding diaryl/α,β-unsaturated/α-hetero) is 1. The highest BCUT2D eigenvalue weighted by Gasteiger charge is 2.31. The van der Waals surface area contributed by atoms with Gasteiger partial charge in [-0.05, 0) is 23.6 Å². The Morgan fingerprint density at radius 2 is 1.58 bits per heavy atom. The molecule has 1 aliphatic rings. The number of esters is 1. The van der Waals surface area contributed by atoms with Crippen LogP contribution in [-0.4, -0.2) is 37.6 Å². The van der Waals surface area contributed by atoms with Crippen molar-refractivity contribution in [3.8, 4) is 11.8 Å². The van der Waals surface area contributed by atoms with Crippen molar-refractivity contribution in [3.63, 3.8) is 0 Å². The Bertz CT molecular complexity index is 1260. The number of aromatic hydroxyl groups is 1. The molecule has 0 amide bonds. The summed E-state index contributed by atoms with van der Waals surface area (Å²) in [5, 5.41) is 21.4. The first-order chi connectivity index (χ1) is 14.9. The lowest BCUT2D eigenvalue weighted by atomic mass is 10.1. The predicted molar refractivity (Wildman–Crippen MR) is 117 cm³/mol. The van der Waals surface area contributed by atoms with Gasteiger partial charge in [0.15, 0.2) is 6.61 Å². The van der Waals surface area contributed by atoms with Crippen molar-refractivity contribution in [1.29, 1.82) is 5.26 Å². The number of hydrogen-bond donors (Lipinski definition) is 1. The fourth-order valence-corrected chi connectivity index (χ4v) is 3.76. The van der Waals surface area contributed by atoms with Gasteiger partial charge >= 0.3 is 5.97 Å². The number of carbonyl (C=O) groups excluding carboxylic acids is 2. The number of ether oxygens (including phenoxy) is 1. The number of rotatable bonds is 4. The Morgan fingerprint density at radius 1 is 0.968 bits per heavy atom. The van der Waals surface area contributed by atoms with Gasteiger partial charge < -0.3 is 19.6 Å². The van der Waals surface area contributed by atoms with E-state index in [1.165, 1.54) is 6.07 Å². The minimum atomic E-state index is -0.838. The lowest BCUT2D eigenvalue weighted by Gasteiger charge is -2.19. The first-order valence-electron chi connectivity index (χ1n) is 9.56. The van der Waals surface area contributed by atoms with Crippen LogP contribution in [0.3, 0.4) is 0 Å². The highest BCUT2D eigenvalue weighted by Crippen LogP contribution is 2.40. The number of nitriles is 1. The molecule has 0 radical (unpaired) electrons. The van der Waals surface area contributed by atoms with E-state index >= 15 is 0 Å². The third kappa shape index (κ3) is 3.34. The highest BCUT2D eigenvalue weighted by atomic mass is 16.5. The average Bonchev–Trinajstić information content (AvgIpc) is 3.04. The van der Waals surface area contributed by atoms with Crippen LogP contribution in [0.4, 0.5) is 11.4 Å². The average molecular weight is 413 g/mol. The number of fused-ring (bicyclic) bond motifs is 2. The van der Waals surface area contributed by atoms with E-state index in [0.717, 1.165) is 16.8 Å². The molecule has 154 valence electrons. The van der Waals surface area contributed by atoms with Gasteiger partial charge in [0.1, 0.15) is 28.8 Å². The van der Waals surface area contributed by atoms with Gasteiger partial charge in [-0.2, -0.15) is 5.26 Å². The van der Waals surface area contributed by atoms with Gasteiger partial charge in [-0.25, -0.2) is 4.79 Å². The van der Waals surface area contributed by atoms with Crippen LogP contribution in [-0.2, 0) is 9.53 Å². The van der Waals surface area contributed by atoms with E-state index in [2.05, 4.69) is 0 Å². The van der Waals surface area contributed by atoms with Crippen molar-refractivity contribution in [2.45, 2.75) is 0 Å². The summed E-state index contributed by atoms with van der Waals surface area (Å²) in [6.07, 6.45) is 0. The molecule has 0 aliphatic carbocycles. The van der Waals surface area contributed by atoms with E-state index in [4.69, 9.17) is 4.74 Å². The maximum absolute atomic E-state index is 12.8. The first-order valence-corrected chi connectivity index (χ1v) is 9.56. The van der Waals surface area contributed by atoms with E-state index < -0.39 is 18.4 Å². The normalized spacial score (nSPS) is 12.5. The molecule has 1 aliphatic heterocycles. The SMILES string of the molecule is CN1C(=C(C#N)C(=O)COC(=O)c2ccc3ccccc3c2O)N(C)c2ccccc21. The van der Waals surface area contributed by atoms with Crippen LogP contribution in [0.25, 0.3) is 10.8 Å². The second-order valence-corrected chi connectivity index (χ2v) is 7.10. The molecule has 4 rings (SSSR count). The molecular formula is C24H19N3O4. The largest absolute Gasteiger partial charge is 0.506 e. The fraction of sp³-hybridized carbons (Fsp3) is 0.125. The summed E-state index contributed by atoms with van der Waals surface area (Å²) in [7, 11) is 3.53. The zero-order valence-electron chi connectivity index (χ0n) is 17.0. The Hall–Kier alpha value is -4.31. The minimum Gasteiger partial charge on any atom is -0.506 e. The second-order valence-electron chi connectivity index (χ2n) is 7.10. The number of phenols is 1. The molecule has 0 saturated carbocycles. The highest BCUT2D eigenvalue weighted by molar-refractivity contribution is 6.06. The molecule has 0 aromatic heterocycles. The molecule has 3 aromatic rings. The van der Waals surface area contributed by atoms with E-state index in [0.29, 0.717) is 11.2 Å². The van der Waals surface area contributed by atoms with Gasteiger partial charge in [0, 0.05) is 19.5 Å². The number of anilines is 2. The van der Waals surface area contributed by atoms with Gasteiger partial charge in [0.2, 0.25) is 5.78 Å². The van der Waals surface area contributed by atoms with Gasteiger partial charge in [-0.15, -0.1) is 0 Å². The summed E-state index contributed by atoms with van der Waals surface area (Å²) in [6, 6.07) is 19.7. The molecule has 31 heavy (non-hydrogen) atoms. The Kier molecular flexibility index (Phi) is 5.05. The van der Waals surface area contributed by atoms with Gasteiger partial charge in [-0.3, -0.25) is 4.79 Å². The van der Waals surface area contributed by atoms with Crippen molar-refractivity contribution in [2.75, 3.05) is 30.5 Å². The van der Waals surface area contributed by atoms with E-state index in [-0.39, 0.29) is 16.9 Å². The lowest BCUT2D eigenvalue weighted by Crippen LogP contribution is -2.27. The summed E-state index contributed by atoms with van der Waals surface area (Å²) in [5.41, 5.74) is 1.56. The Labute approximate surface area is 179 Å². The second kappa shape index (κ2) is 7.84. The molecule has 1 heterocycles. The number of ketones is 1. The van der Waals surface area contributed by atoms with Crippen molar-refractivity contribution < 1.29 is 19.4 Å². The number of nitrogens with zero attached hydrogens (tertiary/aromatic N) is 3. The van der Waals surface area contributed by atoms with Gasteiger partial charge in [0.05, 0.1) is 11.4 Å². The smallest absolute Gasteiger partial charge is 0.342 e. The molecule has 7 heteroatoms. The number of carbonyl (C=O) groups is 2. The summed E-state index contributed by atoms with van der Waals surface area (Å²) < 4.78 is 5.14. The molecule has 0 unspecified atom stereocenters. The molecule has 3 aromatic carbocycles. The predicted octanol–water partition coefficient (Wildman–Crippen LogP) is 3.59. The van der Waals surface area contributed by atoms with Crippen LogP contribution in [0.1, 0.15) is 10.4 Å². The maximum Gasteiger partial charge on any atom is 0.342 e. The molecule has 0 atom stereocenters. The van der Waals surface area contributed by atoms with Crippen molar-refractivity contribution >= 4 is 33.9 Å². The zero-order chi connectivity index (χ0) is 22.1. The monoisotopic (exact) mass is 413 g/mol. The molecule has 0 fully saturated rings. The Balaban J connectivity index is 1.56. The van der Waals surface area contributed by atoms with E-state index in [9.17, 15) is 20.0 Å². The molecule has 7 nitrogen and oxygen atoms in total. The first kappa shape index (κ1) is 20.0. The maximum atomic E-state index is 12.8. The molecule has 1 N–H and O–H groups in total. The standard InChI is InChI=1S/C24H19N3O4/c1-26-19-9-5-6-10-20(19)27(2)23(26)18(13-25)21(28)14-31-24(30)17-12-11-15-7-3-4-8-16(15)22(17)29/h3-12,29H,14H2,1-2H3. The van der Waals surface area contributed by atoms with Crippen LogP contribution in [0, 0.1) is 11.3 Å². The van der Waals surface area contributed by atoms with Crippen LogP contribution in [0.2, 0.25) is 0 Å². The molecule has 0 saturated heterocycles. The minimum absolute atomic E-state index is 0.0415. The molecule has 0 spiro atoms. The summed E-state index contributed by atoms with van der Waals surface area (Å²) in [5.74, 6) is -1.26. The third-order valence-corrected chi connectivity index (χ3v) is 5.31. The van der Waals surface area contributed by atoms with Crippen LogP contribution in [0.15, 0.2) is 72.1 Å². The lowest BCUT2D eigenvalue weighted by molar-refractivity contribution is -0.118. The summed E-state index contributed by atoms with van der Waals surface area (Å²) in [6.45, 7) is -0.616. The van der Waals surface area contributed by atoms with Crippen molar-refractivity contribution in [1.82, 2.24) is 0 Å². The number of para-hydroxylation sites is 2. The topological polar surface area (TPSA) is 93.9 Å². The van der Waals surface area contributed by atoms with Crippen molar-refractivity contribution in [3.05, 3.63) is 77.6 Å². The number of phenolic OH excluding ortho intramolecular Hbond substituents is 1. The van der Waals surface area contributed by atoms with Crippen molar-refractivity contribution in [2.24, 2.45) is 0 Å².